The second kappa shape index (κ2) is 8.95. The van der Waals surface area contributed by atoms with Crippen molar-refractivity contribution < 1.29 is 22.8 Å². The Morgan fingerprint density at radius 3 is 2.17 bits per heavy atom. The fraction of sp³-hybridized carbons (Fsp3) is 0.250. The van der Waals surface area contributed by atoms with E-state index in [2.05, 4.69) is 21.3 Å². The maximum Gasteiger partial charge on any atom is 0.319 e. The van der Waals surface area contributed by atoms with Gasteiger partial charge in [-0.3, -0.25) is 9.59 Å². The van der Waals surface area contributed by atoms with E-state index in [1.54, 1.807) is 42.5 Å². The number of hydrogen-bond donors (Lipinski definition) is 4. The van der Waals surface area contributed by atoms with E-state index in [9.17, 15) is 22.8 Å². The number of sulfone groups is 1. The van der Waals surface area contributed by atoms with Crippen molar-refractivity contribution in [2.45, 2.75) is 19.4 Å². The molecule has 0 aromatic heterocycles. The molecule has 1 aliphatic rings. The molecule has 9 nitrogen and oxygen atoms in total. The minimum absolute atomic E-state index is 0.0659. The molecule has 0 unspecified atom stereocenters. The van der Waals surface area contributed by atoms with Crippen LogP contribution in [0.4, 0.5) is 21.9 Å². The zero-order valence-corrected chi connectivity index (χ0v) is 17.1. The fourth-order valence-corrected chi connectivity index (χ4v) is 4.72. The quantitative estimate of drug-likeness (QED) is 0.577. The number of rotatable bonds is 5. The molecule has 158 valence electrons. The molecule has 2 aromatic carbocycles. The summed E-state index contributed by atoms with van der Waals surface area (Å²) in [6.07, 6.45) is 0.388. The van der Waals surface area contributed by atoms with Crippen molar-refractivity contribution in [2.24, 2.45) is 0 Å². The summed E-state index contributed by atoms with van der Waals surface area (Å²) in [7, 11) is -3.09. The second-order valence-electron chi connectivity index (χ2n) is 6.99. The highest BCUT2D eigenvalue weighted by molar-refractivity contribution is 7.91. The molecule has 4 N–H and O–H groups in total. The third kappa shape index (κ3) is 6.05. The van der Waals surface area contributed by atoms with E-state index in [-0.39, 0.29) is 23.3 Å². The molecule has 1 atom stereocenters. The third-order valence-electron chi connectivity index (χ3n) is 4.41. The van der Waals surface area contributed by atoms with Crippen LogP contribution in [0.3, 0.4) is 0 Å². The average Bonchev–Trinajstić information content (AvgIpc) is 3.01. The van der Waals surface area contributed by atoms with E-state index in [0.29, 0.717) is 29.0 Å². The van der Waals surface area contributed by atoms with Gasteiger partial charge in [0.15, 0.2) is 9.84 Å². The smallest absolute Gasteiger partial charge is 0.319 e. The second-order valence-corrected chi connectivity index (χ2v) is 9.22. The Labute approximate surface area is 174 Å². The van der Waals surface area contributed by atoms with Crippen molar-refractivity contribution in [3.05, 3.63) is 54.1 Å². The fourth-order valence-electron chi connectivity index (χ4n) is 3.04. The lowest BCUT2D eigenvalue weighted by molar-refractivity contribution is -0.114. The normalized spacial score (nSPS) is 17.0. The molecular formula is C20H22N4O5S. The largest absolute Gasteiger partial charge is 0.334 e. The number of carbonyl (C=O) groups excluding carboxylic acids is 3. The number of benzene rings is 2. The lowest BCUT2D eigenvalue weighted by atomic mass is 10.1. The number of nitrogens with one attached hydrogen (secondary N) is 4. The summed E-state index contributed by atoms with van der Waals surface area (Å²) in [6.45, 7) is 1.41. The van der Waals surface area contributed by atoms with Crippen LogP contribution in [0, 0.1) is 0 Å². The number of carbonyl (C=O) groups is 3. The summed E-state index contributed by atoms with van der Waals surface area (Å²) < 4.78 is 23.0. The van der Waals surface area contributed by atoms with Crippen molar-refractivity contribution in [3.63, 3.8) is 0 Å². The Bertz CT molecular complexity index is 1070. The predicted octanol–water partition coefficient (Wildman–Crippen LogP) is 2.21. The maximum absolute atomic E-state index is 12.5. The topological polar surface area (TPSA) is 133 Å². The number of anilines is 3. The van der Waals surface area contributed by atoms with Gasteiger partial charge in [-0.05, 0) is 48.9 Å². The van der Waals surface area contributed by atoms with Crippen LogP contribution in [0.2, 0.25) is 0 Å². The molecule has 0 aliphatic carbocycles. The van der Waals surface area contributed by atoms with Crippen LogP contribution in [0.5, 0.6) is 0 Å². The predicted molar refractivity (Wildman–Crippen MR) is 114 cm³/mol. The van der Waals surface area contributed by atoms with Gasteiger partial charge in [0.05, 0.1) is 11.5 Å². The SMILES string of the molecule is CC(=O)Nc1ccc(NC(=O)c2cccc(NC(=O)N[C@H]3CCS(=O)(=O)C3)c2)cc1. The van der Waals surface area contributed by atoms with Crippen LogP contribution >= 0.6 is 0 Å². The third-order valence-corrected chi connectivity index (χ3v) is 6.18. The van der Waals surface area contributed by atoms with Gasteiger partial charge in [-0.15, -0.1) is 0 Å². The molecule has 0 spiro atoms. The molecule has 30 heavy (non-hydrogen) atoms. The number of amides is 4. The van der Waals surface area contributed by atoms with E-state index < -0.39 is 21.9 Å². The van der Waals surface area contributed by atoms with E-state index in [1.807, 2.05) is 0 Å². The Balaban J connectivity index is 1.58. The van der Waals surface area contributed by atoms with Crippen molar-refractivity contribution >= 4 is 44.7 Å². The van der Waals surface area contributed by atoms with Gasteiger partial charge in [-0.2, -0.15) is 0 Å². The van der Waals surface area contributed by atoms with Crippen LogP contribution < -0.4 is 21.3 Å². The van der Waals surface area contributed by atoms with Gasteiger partial charge in [-0.25, -0.2) is 13.2 Å². The number of urea groups is 1. The molecule has 0 saturated carbocycles. The molecule has 0 radical (unpaired) electrons. The molecule has 3 rings (SSSR count). The lowest BCUT2D eigenvalue weighted by Gasteiger charge is -2.13. The zero-order valence-electron chi connectivity index (χ0n) is 16.3. The van der Waals surface area contributed by atoms with Crippen LogP contribution in [0.25, 0.3) is 0 Å². The first-order chi connectivity index (χ1) is 14.2. The highest BCUT2D eigenvalue weighted by Gasteiger charge is 2.28. The molecule has 0 bridgehead atoms. The van der Waals surface area contributed by atoms with Gasteiger partial charge in [-0.1, -0.05) is 6.07 Å². The first kappa shape index (κ1) is 21.3. The lowest BCUT2D eigenvalue weighted by Crippen LogP contribution is -2.38. The highest BCUT2D eigenvalue weighted by atomic mass is 32.2. The summed E-state index contributed by atoms with van der Waals surface area (Å²) in [6, 6.07) is 12.1. The molecule has 1 saturated heterocycles. The van der Waals surface area contributed by atoms with Crippen molar-refractivity contribution in [3.8, 4) is 0 Å². The Kier molecular flexibility index (Phi) is 6.36. The van der Waals surface area contributed by atoms with Gasteiger partial charge in [0, 0.05) is 35.6 Å². The first-order valence-electron chi connectivity index (χ1n) is 9.27. The first-order valence-corrected chi connectivity index (χ1v) is 11.1. The summed E-state index contributed by atoms with van der Waals surface area (Å²) in [5.74, 6) is -0.550. The van der Waals surface area contributed by atoms with Gasteiger partial charge < -0.3 is 21.3 Å². The molecule has 10 heteroatoms. The molecule has 1 fully saturated rings. The average molecular weight is 430 g/mol. The van der Waals surface area contributed by atoms with Crippen LogP contribution in [0.1, 0.15) is 23.7 Å². The monoisotopic (exact) mass is 430 g/mol. The molecule has 1 aliphatic heterocycles. The standard InChI is InChI=1S/C20H22N4O5S/c1-13(25)21-15-5-7-16(8-6-15)22-19(26)14-3-2-4-17(11-14)23-20(27)24-18-9-10-30(28,29)12-18/h2-8,11,18H,9-10,12H2,1H3,(H,21,25)(H,22,26)(H2,23,24,27)/t18-/m0/s1. The minimum atomic E-state index is -3.09. The van der Waals surface area contributed by atoms with Crippen molar-refractivity contribution in [1.82, 2.24) is 5.32 Å². The molecule has 2 aromatic rings. The summed E-state index contributed by atoms with van der Waals surface area (Å²) in [5, 5.41) is 10.6. The van der Waals surface area contributed by atoms with E-state index in [4.69, 9.17) is 0 Å². The van der Waals surface area contributed by atoms with E-state index in [1.165, 1.54) is 13.0 Å². The van der Waals surface area contributed by atoms with Crippen molar-refractivity contribution in [2.75, 3.05) is 27.5 Å². The van der Waals surface area contributed by atoms with E-state index in [0.717, 1.165) is 0 Å². The van der Waals surface area contributed by atoms with Crippen LogP contribution in [-0.2, 0) is 14.6 Å². The van der Waals surface area contributed by atoms with Gasteiger partial charge in [0.2, 0.25) is 5.91 Å². The van der Waals surface area contributed by atoms with Crippen LogP contribution in [0.15, 0.2) is 48.5 Å². The van der Waals surface area contributed by atoms with Gasteiger partial charge in [0.25, 0.3) is 5.91 Å². The summed E-state index contributed by atoms with van der Waals surface area (Å²) >= 11 is 0. The van der Waals surface area contributed by atoms with Gasteiger partial charge >= 0.3 is 6.03 Å². The Morgan fingerprint density at radius 2 is 1.57 bits per heavy atom. The highest BCUT2D eigenvalue weighted by Crippen LogP contribution is 2.17. The van der Waals surface area contributed by atoms with Gasteiger partial charge in [0.1, 0.15) is 0 Å². The molecular weight excluding hydrogens is 408 g/mol. The Hall–Kier alpha value is -3.40. The summed E-state index contributed by atoms with van der Waals surface area (Å²) in [4.78, 5) is 35.7. The maximum atomic E-state index is 12.5. The molecule has 4 amide bonds. The minimum Gasteiger partial charge on any atom is -0.334 e. The summed E-state index contributed by atoms with van der Waals surface area (Å²) in [5.41, 5.74) is 1.91. The zero-order chi connectivity index (χ0) is 21.7. The van der Waals surface area contributed by atoms with Crippen LogP contribution in [-0.4, -0.2) is 43.8 Å². The Morgan fingerprint density at radius 1 is 0.900 bits per heavy atom. The molecule has 1 heterocycles. The number of hydrogen-bond acceptors (Lipinski definition) is 5. The van der Waals surface area contributed by atoms with Crippen molar-refractivity contribution in [1.29, 1.82) is 0 Å². The van der Waals surface area contributed by atoms with E-state index >= 15 is 0 Å².